The Morgan fingerprint density at radius 3 is 2.48 bits per heavy atom. The minimum atomic E-state index is 0.370. The van der Waals surface area contributed by atoms with Crippen LogP contribution in [0.1, 0.15) is 63.1 Å². The lowest BCUT2D eigenvalue weighted by molar-refractivity contribution is 0.299. The van der Waals surface area contributed by atoms with Gasteiger partial charge in [0.1, 0.15) is 5.52 Å². The predicted molar refractivity (Wildman–Crippen MR) is 87.2 cm³/mol. The Hall–Kier alpha value is -1.51. The molecule has 1 aromatic heterocycles. The second kappa shape index (κ2) is 7.48. The van der Waals surface area contributed by atoms with Gasteiger partial charge in [0.2, 0.25) is 0 Å². The van der Waals surface area contributed by atoms with Gasteiger partial charge in [-0.1, -0.05) is 40.0 Å². The van der Waals surface area contributed by atoms with E-state index in [1.165, 1.54) is 42.4 Å². The van der Waals surface area contributed by atoms with Crippen molar-refractivity contribution in [2.75, 3.05) is 7.11 Å². The summed E-state index contributed by atoms with van der Waals surface area (Å²) in [6.07, 6.45) is 8.62. The van der Waals surface area contributed by atoms with Gasteiger partial charge in [-0.15, -0.1) is 0 Å². The number of fused-ring (bicyclic) bond motifs is 1. The van der Waals surface area contributed by atoms with E-state index in [1.54, 1.807) is 7.11 Å². The number of rotatable bonds is 8. The van der Waals surface area contributed by atoms with E-state index < -0.39 is 0 Å². The first-order chi connectivity index (χ1) is 10.2. The number of ether oxygens (including phenoxy) is 1. The van der Waals surface area contributed by atoms with E-state index >= 15 is 0 Å². The van der Waals surface area contributed by atoms with Crippen molar-refractivity contribution >= 4 is 11.1 Å². The van der Waals surface area contributed by atoms with Gasteiger partial charge in [0.25, 0.3) is 0 Å². The molecular formula is C18H27NO2. The largest absolute Gasteiger partial charge is 0.453 e. The van der Waals surface area contributed by atoms with Crippen LogP contribution in [-0.4, -0.2) is 12.1 Å². The third kappa shape index (κ3) is 3.39. The Morgan fingerprint density at radius 1 is 1.05 bits per heavy atom. The van der Waals surface area contributed by atoms with Gasteiger partial charge in [0.05, 0.1) is 7.11 Å². The van der Waals surface area contributed by atoms with Gasteiger partial charge < -0.3 is 9.15 Å². The van der Waals surface area contributed by atoms with E-state index in [-0.39, 0.29) is 0 Å². The van der Waals surface area contributed by atoms with Gasteiger partial charge in [-0.25, -0.2) is 0 Å². The highest BCUT2D eigenvalue weighted by atomic mass is 16.6. The second-order valence-electron chi connectivity index (χ2n) is 5.54. The number of benzene rings is 1. The van der Waals surface area contributed by atoms with Crippen LogP contribution in [0.2, 0.25) is 0 Å². The number of methoxy groups -OCH3 is 1. The molecule has 0 aliphatic heterocycles. The fourth-order valence-electron chi connectivity index (χ4n) is 3.05. The van der Waals surface area contributed by atoms with Crippen molar-refractivity contribution in [1.29, 1.82) is 0 Å². The number of aromatic nitrogens is 1. The number of hydrogen-bond acceptors (Lipinski definition) is 3. The lowest BCUT2D eigenvalue weighted by atomic mass is 9.92. The first-order valence-corrected chi connectivity index (χ1v) is 8.23. The molecule has 0 radical (unpaired) electrons. The predicted octanol–water partition coefficient (Wildman–Crippen LogP) is 5.08. The summed E-state index contributed by atoms with van der Waals surface area (Å²) in [5, 5.41) is 0. The molecule has 0 spiro atoms. The molecule has 116 valence electrons. The molecular weight excluding hydrogens is 262 g/mol. The molecule has 0 atom stereocenters. The van der Waals surface area contributed by atoms with Crippen LogP contribution in [0.15, 0.2) is 10.5 Å². The highest BCUT2D eigenvalue weighted by molar-refractivity contribution is 5.80. The Labute approximate surface area is 127 Å². The van der Waals surface area contributed by atoms with Gasteiger partial charge >= 0.3 is 6.08 Å². The van der Waals surface area contributed by atoms with Crippen molar-refractivity contribution in [1.82, 2.24) is 4.98 Å². The molecule has 0 unspecified atom stereocenters. The van der Waals surface area contributed by atoms with Gasteiger partial charge in [-0.3, -0.25) is 0 Å². The Kier molecular flexibility index (Phi) is 5.66. The van der Waals surface area contributed by atoms with Crippen LogP contribution in [0.3, 0.4) is 0 Å². The van der Waals surface area contributed by atoms with Crippen LogP contribution < -0.4 is 4.74 Å². The molecule has 0 saturated carbocycles. The summed E-state index contributed by atoms with van der Waals surface area (Å²) >= 11 is 0. The highest BCUT2D eigenvalue weighted by Gasteiger charge is 2.16. The summed E-state index contributed by atoms with van der Waals surface area (Å²) in [7, 11) is 1.60. The number of aryl methyl sites for hydroxylation is 2. The molecule has 2 aromatic rings. The molecule has 1 aromatic carbocycles. The fourth-order valence-corrected chi connectivity index (χ4v) is 3.05. The van der Waals surface area contributed by atoms with E-state index in [4.69, 9.17) is 9.15 Å². The van der Waals surface area contributed by atoms with Crippen molar-refractivity contribution in [2.45, 2.75) is 65.7 Å². The molecule has 0 saturated heterocycles. The van der Waals surface area contributed by atoms with Crippen LogP contribution in [-0.2, 0) is 19.3 Å². The molecule has 0 amide bonds. The zero-order chi connectivity index (χ0) is 15.2. The number of hydrogen-bond donors (Lipinski definition) is 0. The van der Waals surface area contributed by atoms with E-state index in [0.717, 1.165) is 30.4 Å². The van der Waals surface area contributed by atoms with Gasteiger partial charge in [-0.2, -0.15) is 4.98 Å². The maximum absolute atomic E-state index is 5.69. The molecule has 3 nitrogen and oxygen atoms in total. The van der Waals surface area contributed by atoms with Crippen LogP contribution in [0, 0.1) is 0 Å². The van der Waals surface area contributed by atoms with Crippen LogP contribution in [0.4, 0.5) is 0 Å². The van der Waals surface area contributed by atoms with Crippen molar-refractivity contribution in [3.05, 3.63) is 22.8 Å². The number of unbranched alkanes of at least 4 members (excludes halogenated alkanes) is 3. The van der Waals surface area contributed by atoms with Crippen molar-refractivity contribution in [3.8, 4) is 6.08 Å². The van der Waals surface area contributed by atoms with Gasteiger partial charge in [0, 0.05) is 0 Å². The van der Waals surface area contributed by atoms with Gasteiger partial charge in [0.15, 0.2) is 5.58 Å². The molecule has 2 rings (SSSR count). The van der Waals surface area contributed by atoms with Crippen molar-refractivity contribution in [3.63, 3.8) is 0 Å². The Balaban J connectivity index is 2.42. The quantitative estimate of drug-likeness (QED) is 0.635. The average Bonchev–Trinajstić information content (AvgIpc) is 2.93. The van der Waals surface area contributed by atoms with E-state index in [0.29, 0.717) is 6.08 Å². The zero-order valence-electron chi connectivity index (χ0n) is 13.8. The van der Waals surface area contributed by atoms with Gasteiger partial charge in [-0.05, 0) is 48.4 Å². The van der Waals surface area contributed by atoms with E-state index in [1.807, 2.05) is 0 Å². The smallest absolute Gasteiger partial charge is 0.394 e. The molecule has 1 heterocycles. The second-order valence-corrected chi connectivity index (χ2v) is 5.54. The standard InChI is InChI=1S/C18H27NO2/c1-5-8-9-10-11-15-14(7-3)13(6-2)12-16-17(15)19-18(20-4)21-16/h12H,5-11H2,1-4H3. The normalized spacial score (nSPS) is 11.2. The number of nitrogens with zero attached hydrogens (tertiary/aromatic N) is 1. The molecule has 0 aliphatic carbocycles. The summed E-state index contributed by atoms with van der Waals surface area (Å²) in [6, 6.07) is 2.14. The molecule has 0 fully saturated rings. The Bertz CT molecular complexity index is 586. The first kappa shape index (κ1) is 15.9. The summed E-state index contributed by atoms with van der Waals surface area (Å²) in [5.74, 6) is 0. The summed E-state index contributed by atoms with van der Waals surface area (Å²) in [4.78, 5) is 4.53. The molecule has 21 heavy (non-hydrogen) atoms. The molecule has 0 bridgehead atoms. The minimum absolute atomic E-state index is 0.370. The highest BCUT2D eigenvalue weighted by Crippen LogP contribution is 2.31. The number of oxazole rings is 1. The third-order valence-corrected chi connectivity index (χ3v) is 4.17. The molecule has 3 heteroatoms. The SMILES string of the molecule is CCCCCCc1c(CC)c(CC)cc2oc(OC)nc12. The topological polar surface area (TPSA) is 35.3 Å². The lowest BCUT2D eigenvalue weighted by Crippen LogP contribution is -2.00. The third-order valence-electron chi connectivity index (χ3n) is 4.17. The Morgan fingerprint density at radius 2 is 1.86 bits per heavy atom. The molecule has 0 aliphatic rings. The van der Waals surface area contributed by atoms with Crippen molar-refractivity contribution in [2.24, 2.45) is 0 Å². The maximum atomic E-state index is 5.69. The monoisotopic (exact) mass is 289 g/mol. The summed E-state index contributed by atoms with van der Waals surface area (Å²) in [5.41, 5.74) is 6.07. The average molecular weight is 289 g/mol. The van der Waals surface area contributed by atoms with Crippen LogP contribution >= 0.6 is 0 Å². The first-order valence-electron chi connectivity index (χ1n) is 8.23. The van der Waals surface area contributed by atoms with E-state index in [2.05, 4.69) is 31.8 Å². The van der Waals surface area contributed by atoms with Crippen molar-refractivity contribution < 1.29 is 9.15 Å². The lowest BCUT2D eigenvalue weighted by Gasteiger charge is -2.13. The molecule has 0 N–H and O–H groups in total. The summed E-state index contributed by atoms with van der Waals surface area (Å²) < 4.78 is 10.9. The summed E-state index contributed by atoms with van der Waals surface area (Å²) in [6.45, 7) is 6.68. The van der Waals surface area contributed by atoms with Crippen LogP contribution in [0.5, 0.6) is 6.08 Å². The maximum Gasteiger partial charge on any atom is 0.394 e. The zero-order valence-corrected chi connectivity index (χ0v) is 13.8. The minimum Gasteiger partial charge on any atom is -0.453 e. The van der Waals surface area contributed by atoms with Crippen LogP contribution in [0.25, 0.3) is 11.1 Å². The van der Waals surface area contributed by atoms with E-state index in [9.17, 15) is 0 Å². The fraction of sp³-hybridized carbons (Fsp3) is 0.611.